The van der Waals surface area contributed by atoms with E-state index in [9.17, 15) is 9.59 Å². The van der Waals surface area contributed by atoms with Crippen molar-refractivity contribution in [2.24, 2.45) is 5.73 Å². The normalized spacial score (nSPS) is 21.6. The molecular weight excluding hydrogens is 270 g/mol. The van der Waals surface area contributed by atoms with Crippen molar-refractivity contribution in [1.29, 1.82) is 0 Å². The molecule has 2 amide bonds. The van der Waals surface area contributed by atoms with E-state index in [0.717, 1.165) is 13.0 Å². The molecule has 7 nitrogen and oxygen atoms in total. The van der Waals surface area contributed by atoms with Crippen LogP contribution in [0.1, 0.15) is 35.8 Å². The molecule has 3 N–H and O–H groups in total. The third kappa shape index (κ3) is 3.07. The van der Waals surface area contributed by atoms with Crippen LogP contribution in [0.4, 0.5) is 0 Å². The van der Waals surface area contributed by atoms with Crippen LogP contribution in [0.3, 0.4) is 0 Å². The van der Waals surface area contributed by atoms with E-state index in [2.05, 4.69) is 17.3 Å². The maximum absolute atomic E-state index is 12.7. The summed E-state index contributed by atoms with van der Waals surface area (Å²) in [6.07, 6.45) is 3.20. The van der Waals surface area contributed by atoms with Crippen LogP contribution in [0.15, 0.2) is 6.20 Å². The fourth-order valence-corrected chi connectivity index (χ4v) is 2.73. The molecule has 0 unspecified atom stereocenters. The zero-order valence-electron chi connectivity index (χ0n) is 12.8. The molecule has 21 heavy (non-hydrogen) atoms. The van der Waals surface area contributed by atoms with Crippen LogP contribution in [-0.2, 0) is 11.3 Å². The topological polar surface area (TPSA) is 93.3 Å². The molecule has 0 aromatic carbocycles. The number of aromatic nitrogens is 2. The van der Waals surface area contributed by atoms with Gasteiger partial charge in [-0.2, -0.15) is 5.10 Å². The van der Waals surface area contributed by atoms with E-state index in [1.54, 1.807) is 22.8 Å². The standard InChI is InChI=1S/C14H23N5O2/c1-4-5-18-8-11(9(2)17-18)14(21)19-7-10(15)6-12(19)13(20)16-3/h8,10,12H,4-7,15H2,1-3H3,(H,16,20)/t10-,12-/m0/s1. The highest BCUT2D eigenvalue weighted by Gasteiger charge is 2.38. The lowest BCUT2D eigenvalue weighted by Gasteiger charge is -2.22. The molecule has 2 rings (SSSR count). The van der Waals surface area contributed by atoms with Gasteiger partial charge in [0.05, 0.1) is 11.3 Å². The largest absolute Gasteiger partial charge is 0.357 e. The van der Waals surface area contributed by atoms with Gasteiger partial charge in [0.1, 0.15) is 6.04 Å². The summed E-state index contributed by atoms with van der Waals surface area (Å²) in [4.78, 5) is 26.2. The number of rotatable bonds is 4. The second kappa shape index (κ2) is 6.26. The van der Waals surface area contributed by atoms with Crippen LogP contribution >= 0.6 is 0 Å². The van der Waals surface area contributed by atoms with Gasteiger partial charge in [0, 0.05) is 32.4 Å². The van der Waals surface area contributed by atoms with Gasteiger partial charge < -0.3 is 16.0 Å². The zero-order chi connectivity index (χ0) is 15.6. The molecule has 1 aromatic rings. The van der Waals surface area contributed by atoms with Gasteiger partial charge in [-0.1, -0.05) is 6.92 Å². The van der Waals surface area contributed by atoms with E-state index in [0.29, 0.717) is 24.2 Å². The first-order chi connectivity index (χ1) is 9.97. The lowest BCUT2D eigenvalue weighted by atomic mass is 10.1. The Morgan fingerprint density at radius 2 is 2.24 bits per heavy atom. The van der Waals surface area contributed by atoms with Gasteiger partial charge in [0.25, 0.3) is 5.91 Å². The Bertz CT molecular complexity index is 539. The minimum Gasteiger partial charge on any atom is -0.357 e. The van der Waals surface area contributed by atoms with E-state index < -0.39 is 6.04 Å². The third-order valence-electron chi connectivity index (χ3n) is 3.77. The lowest BCUT2D eigenvalue weighted by molar-refractivity contribution is -0.124. The van der Waals surface area contributed by atoms with Crippen molar-refractivity contribution < 1.29 is 9.59 Å². The molecule has 1 saturated heterocycles. The molecule has 1 aliphatic heterocycles. The quantitative estimate of drug-likeness (QED) is 0.810. The number of likely N-dealkylation sites (tertiary alicyclic amines) is 1. The molecule has 2 heterocycles. The van der Waals surface area contributed by atoms with Crippen LogP contribution in [0.5, 0.6) is 0 Å². The van der Waals surface area contributed by atoms with E-state index in [1.807, 2.05) is 6.92 Å². The van der Waals surface area contributed by atoms with Gasteiger partial charge in [-0.05, 0) is 19.8 Å². The molecule has 2 atom stereocenters. The number of hydrogen-bond acceptors (Lipinski definition) is 4. The number of hydrogen-bond donors (Lipinski definition) is 2. The number of amides is 2. The van der Waals surface area contributed by atoms with E-state index in [-0.39, 0.29) is 17.9 Å². The third-order valence-corrected chi connectivity index (χ3v) is 3.77. The van der Waals surface area contributed by atoms with Gasteiger partial charge in [0.15, 0.2) is 0 Å². The molecule has 0 bridgehead atoms. The Hall–Kier alpha value is -1.89. The number of aryl methyl sites for hydroxylation is 2. The average Bonchev–Trinajstić information content (AvgIpc) is 3.01. The summed E-state index contributed by atoms with van der Waals surface area (Å²) in [7, 11) is 1.57. The summed E-state index contributed by atoms with van der Waals surface area (Å²) in [5, 5.41) is 6.93. The van der Waals surface area contributed by atoms with Gasteiger partial charge in [-0.3, -0.25) is 14.3 Å². The predicted octanol–water partition coefficient (Wildman–Crippen LogP) is -0.111. The fourth-order valence-electron chi connectivity index (χ4n) is 2.73. The van der Waals surface area contributed by atoms with E-state index >= 15 is 0 Å². The summed E-state index contributed by atoms with van der Waals surface area (Å²) >= 11 is 0. The highest BCUT2D eigenvalue weighted by Crippen LogP contribution is 2.21. The fraction of sp³-hybridized carbons (Fsp3) is 0.643. The minimum absolute atomic E-state index is 0.165. The first-order valence-corrected chi connectivity index (χ1v) is 7.30. The molecule has 0 aliphatic carbocycles. The first kappa shape index (κ1) is 15.5. The number of carbonyl (C=O) groups is 2. The maximum atomic E-state index is 12.7. The number of nitrogens with zero attached hydrogens (tertiary/aromatic N) is 3. The minimum atomic E-state index is -0.494. The Morgan fingerprint density at radius 1 is 1.52 bits per heavy atom. The monoisotopic (exact) mass is 293 g/mol. The molecule has 7 heteroatoms. The smallest absolute Gasteiger partial charge is 0.258 e. The van der Waals surface area contributed by atoms with Crippen LogP contribution < -0.4 is 11.1 Å². The molecule has 0 saturated carbocycles. The lowest BCUT2D eigenvalue weighted by Crippen LogP contribution is -2.45. The van der Waals surface area contributed by atoms with Gasteiger partial charge in [-0.25, -0.2) is 0 Å². The molecule has 1 fully saturated rings. The van der Waals surface area contributed by atoms with Gasteiger partial charge in [-0.15, -0.1) is 0 Å². The molecule has 1 aliphatic rings. The molecule has 0 radical (unpaired) electrons. The summed E-state index contributed by atoms with van der Waals surface area (Å²) in [6, 6.07) is -0.659. The highest BCUT2D eigenvalue weighted by atomic mass is 16.2. The van der Waals surface area contributed by atoms with Crippen molar-refractivity contribution in [1.82, 2.24) is 20.0 Å². The average molecular weight is 293 g/mol. The Labute approximate surface area is 124 Å². The number of likely N-dealkylation sites (N-methyl/N-ethyl adjacent to an activating group) is 1. The molecule has 1 aromatic heterocycles. The zero-order valence-corrected chi connectivity index (χ0v) is 12.8. The second-order valence-corrected chi connectivity index (χ2v) is 5.47. The van der Waals surface area contributed by atoms with Crippen LogP contribution in [0.25, 0.3) is 0 Å². The van der Waals surface area contributed by atoms with Crippen molar-refractivity contribution in [2.45, 2.75) is 45.3 Å². The van der Waals surface area contributed by atoms with Crippen LogP contribution in [0.2, 0.25) is 0 Å². The van der Waals surface area contributed by atoms with Crippen molar-refractivity contribution in [3.05, 3.63) is 17.5 Å². The Kier molecular flexibility index (Phi) is 4.62. The summed E-state index contributed by atoms with van der Waals surface area (Å²) < 4.78 is 1.77. The molecule has 116 valence electrons. The highest BCUT2D eigenvalue weighted by molar-refractivity contribution is 5.98. The van der Waals surface area contributed by atoms with Crippen LogP contribution in [-0.4, -0.2) is 52.2 Å². The van der Waals surface area contributed by atoms with E-state index in [1.165, 1.54) is 0 Å². The second-order valence-electron chi connectivity index (χ2n) is 5.47. The molecule has 0 spiro atoms. The summed E-state index contributed by atoms with van der Waals surface area (Å²) in [6.45, 7) is 5.03. The number of nitrogens with one attached hydrogen (secondary N) is 1. The molecular formula is C14H23N5O2. The van der Waals surface area contributed by atoms with Crippen molar-refractivity contribution in [2.75, 3.05) is 13.6 Å². The van der Waals surface area contributed by atoms with Gasteiger partial charge in [0.2, 0.25) is 5.91 Å². The van der Waals surface area contributed by atoms with E-state index in [4.69, 9.17) is 5.73 Å². The maximum Gasteiger partial charge on any atom is 0.258 e. The predicted molar refractivity (Wildman–Crippen MR) is 78.7 cm³/mol. The van der Waals surface area contributed by atoms with Crippen molar-refractivity contribution in [3.63, 3.8) is 0 Å². The SMILES string of the molecule is CCCn1cc(C(=O)N2C[C@@H](N)C[C@H]2C(=O)NC)c(C)n1. The van der Waals surface area contributed by atoms with Crippen molar-refractivity contribution in [3.8, 4) is 0 Å². The summed E-state index contributed by atoms with van der Waals surface area (Å²) in [5.74, 6) is -0.341. The number of carbonyl (C=O) groups excluding carboxylic acids is 2. The Balaban J connectivity index is 2.23. The van der Waals surface area contributed by atoms with Gasteiger partial charge >= 0.3 is 0 Å². The van der Waals surface area contributed by atoms with Crippen molar-refractivity contribution >= 4 is 11.8 Å². The first-order valence-electron chi connectivity index (χ1n) is 7.30. The Morgan fingerprint density at radius 3 is 2.86 bits per heavy atom. The summed E-state index contributed by atoms with van der Waals surface area (Å²) in [5.41, 5.74) is 7.15. The van der Waals surface area contributed by atoms with Crippen LogP contribution in [0, 0.1) is 6.92 Å². The number of nitrogens with two attached hydrogens (primary N) is 1.